The highest BCUT2D eigenvalue weighted by Crippen LogP contribution is 2.10. The summed E-state index contributed by atoms with van der Waals surface area (Å²) in [7, 11) is 0. The second-order valence-electron chi connectivity index (χ2n) is 3.76. The molecule has 0 bridgehead atoms. The molecule has 17 heavy (non-hydrogen) atoms. The molecule has 5 heteroatoms. The summed E-state index contributed by atoms with van der Waals surface area (Å²) in [5.41, 5.74) is 6.73. The summed E-state index contributed by atoms with van der Waals surface area (Å²) in [6.45, 7) is 0.642. The van der Waals surface area contributed by atoms with Gasteiger partial charge in [-0.15, -0.1) is 0 Å². The van der Waals surface area contributed by atoms with Crippen LogP contribution in [-0.2, 0) is 11.2 Å². The SMILES string of the molecule is CSCCNC(=O)[C@H](N)Cc1ccc(O)cc1. The van der Waals surface area contributed by atoms with Crippen LogP contribution in [0.5, 0.6) is 5.75 Å². The standard InChI is InChI=1S/C12H18N2O2S/c1-17-7-6-14-12(16)11(13)8-9-2-4-10(15)5-3-9/h2-5,11,15H,6-8,13H2,1H3,(H,14,16)/t11-/m1/s1. The number of phenols is 1. The summed E-state index contributed by atoms with van der Waals surface area (Å²) < 4.78 is 0. The first-order valence-electron chi connectivity index (χ1n) is 5.43. The molecule has 0 heterocycles. The first-order chi connectivity index (χ1) is 8.13. The van der Waals surface area contributed by atoms with Crippen LogP contribution >= 0.6 is 11.8 Å². The number of thioether (sulfide) groups is 1. The molecule has 1 aromatic carbocycles. The van der Waals surface area contributed by atoms with Gasteiger partial charge in [-0.1, -0.05) is 12.1 Å². The van der Waals surface area contributed by atoms with E-state index in [2.05, 4.69) is 5.32 Å². The summed E-state index contributed by atoms with van der Waals surface area (Å²) in [5, 5.41) is 11.9. The van der Waals surface area contributed by atoms with Crippen molar-refractivity contribution in [3.05, 3.63) is 29.8 Å². The van der Waals surface area contributed by atoms with E-state index in [1.807, 2.05) is 6.26 Å². The van der Waals surface area contributed by atoms with Crippen LogP contribution in [0.25, 0.3) is 0 Å². The van der Waals surface area contributed by atoms with Crippen LogP contribution in [0.1, 0.15) is 5.56 Å². The molecule has 0 aliphatic carbocycles. The average Bonchev–Trinajstić information content (AvgIpc) is 2.32. The van der Waals surface area contributed by atoms with Gasteiger partial charge in [0, 0.05) is 12.3 Å². The smallest absolute Gasteiger partial charge is 0.237 e. The zero-order chi connectivity index (χ0) is 12.7. The summed E-state index contributed by atoms with van der Waals surface area (Å²) in [6.07, 6.45) is 2.47. The van der Waals surface area contributed by atoms with Crippen molar-refractivity contribution in [3.63, 3.8) is 0 Å². The molecule has 0 radical (unpaired) electrons. The third-order valence-corrected chi connectivity index (χ3v) is 2.95. The highest BCUT2D eigenvalue weighted by Gasteiger charge is 2.13. The first kappa shape index (κ1) is 13.9. The minimum atomic E-state index is -0.540. The van der Waals surface area contributed by atoms with Crippen LogP contribution < -0.4 is 11.1 Å². The zero-order valence-corrected chi connectivity index (χ0v) is 10.7. The van der Waals surface area contributed by atoms with Crippen molar-refractivity contribution < 1.29 is 9.90 Å². The van der Waals surface area contributed by atoms with Crippen LogP contribution in [0.15, 0.2) is 24.3 Å². The molecule has 0 saturated heterocycles. The van der Waals surface area contributed by atoms with Crippen molar-refractivity contribution in [1.29, 1.82) is 0 Å². The van der Waals surface area contributed by atoms with Gasteiger partial charge >= 0.3 is 0 Å². The van der Waals surface area contributed by atoms with Crippen LogP contribution in [0.2, 0.25) is 0 Å². The molecule has 1 amide bonds. The van der Waals surface area contributed by atoms with E-state index in [9.17, 15) is 4.79 Å². The van der Waals surface area contributed by atoms with E-state index in [0.29, 0.717) is 13.0 Å². The molecule has 0 fully saturated rings. The summed E-state index contributed by atoms with van der Waals surface area (Å²) in [6, 6.07) is 6.18. The van der Waals surface area contributed by atoms with Crippen molar-refractivity contribution in [2.24, 2.45) is 5.73 Å². The third kappa shape index (κ3) is 5.10. The first-order valence-corrected chi connectivity index (χ1v) is 6.83. The van der Waals surface area contributed by atoms with Gasteiger partial charge in [-0.2, -0.15) is 11.8 Å². The van der Waals surface area contributed by atoms with E-state index in [4.69, 9.17) is 10.8 Å². The molecule has 0 aliphatic heterocycles. The molecule has 1 rings (SSSR count). The molecule has 4 nitrogen and oxygen atoms in total. The molecular weight excluding hydrogens is 236 g/mol. The van der Waals surface area contributed by atoms with Crippen LogP contribution in [-0.4, -0.2) is 35.6 Å². The summed E-state index contributed by atoms with van der Waals surface area (Å²) in [5.74, 6) is 0.969. The van der Waals surface area contributed by atoms with Gasteiger partial charge < -0.3 is 16.2 Å². The number of amides is 1. The minimum Gasteiger partial charge on any atom is -0.508 e. The fraction of sp³-hybridized carbons (Fsp3) is 0.417. The Morgan fingerprint density at radius 3 is 2.71 bits per heavy atom. The second kappa shape index (κ2) is 7.19. The quantitative estimate of drug-likeness (QED) is 0.655. The second-order valence-corrected chi connectivity index (χ2v) is 4.75. The number of rotatable bonds is 6. The van der Waals surface area contributed by atoms with Crippen molar-refractivity contribution in [3.8, 4) is 5.75 Å². The number of hydrogen-bond acceptors (Lipinski definition) is 4. The molecule has 1 aromatic rings. The molecule has 1 atom stereocenters. The highest BCUT2D eigenvalue weighted by molar-refractivity contribution is 7.98. The van der Waals surface area contributed by atoms with E-state index in [1.165, 1.54) is 0 Å². The Hall–Kier alpha value is -1.20. The van der Waals surface area contributed by atoms with Gasteiger partial charge in [-0.3, -0.25) is 4.79 Å². The van der Waals surface area contributed by atoms with Crippen LogP contribution in [0.4, 0.5) is 0 Å². The van der Waals surface area contributed by atoms with E-state index < -0.39 is 6.04 Å². The molecule has 0 aliphatic rings. The molecule has 0 aromatic heterocycles. The lowest BCUT2D eigenvalue weighted by atomic mass is 10.1. The fourth-order valence-corrected chi connectivity index (χ4v) is 1.69. The Balaban J connectivity index is 2.40. The van der Waals surface area contributed by atoms with Gasteiger partial charge in [0.25, 0.3) is 0 Å². The van der Waals surface area contributed by atoms with Gasteiger partial charge in [0.1, 0.15) is 5.75 Å². The maximum Gasteiger partial charge on any atom is 0.237 e. The highest BCUT2D eigenvalue weighted by atomic mass is 32.2. The van der Waals surface area contributed by atoms with E-state index in [-0.39, 0.29) is 11.7 Å². The number of hydrogen-bond donors (Lipinski definition) is 3. The van der Waals surface area contributed by atoms with Gasteiger partial charge in [0.05, 0.1) is 6.04 Å². The number of carbonyl (C=O) groups excluding carboxylic acids is 1. The predicted molar refractivity (Wildman–Crippen MR) is 71.2 cm³/mol. The van der Waals surface area contributed by atoms with Crippen molar-refractivity contribution in [2.75, 3.05) is 18.6 Å². The molecule has 4 N–H and O–H groups in total. The lowest BCUT2D eigenvalue weighted by Crippen LogP contribution is -2.42. The normalized spacial score (nSPS) is 12.1. The zero-order valence-electron chi connectivity index (χ0n) is 9.85. The number of carbonyl (C=O) groups is 1. The topological polar surface area (TPSA) is 75.4 Å². The number of nitrogens with two attached hydrogens (primary N) is 1. The molecule has 94 valence electrons. The van der Waals surface area contributed by atoms with Gasteiger partial charge in [-0.25, -0.2) is 0 Å². The van der Waals surface area contributed by atoms with Gasteiger partial charge in [-0.05, 0) is 30.4 Å². The Bertz CT molecular complexity index is 354. The minimum absolute atomic E-state index is 0.132. The Morgan fingerprint density at radius 2 is 2.12 bits per heavy atom. The Morgan fingerprint density at radius 1 is 1.47 bits per heavy atom. The van der Waals surface area contributed by atoms with Crippen LogP contribution in [0.3, 0.4) is 0 Å². The lowest BCUT2D eigenvalue weighted by molar-refractivity contribution is -0.122. The van der Waals surface area contributed by atoms with Crippen molar-refractivity contribution >= 4 is 17.7 Å². The third-order valence-electron chi connectivity index (χ3n) is 2.33. The number of phenolic OH excluding ortho intramolecular Hbond substituents is 1. The maximum absolute atomic E-state index is 11.6. The van der Waals surface area contributed by atoms with Crippen molar-refractivity contribution in [1.82, 2.24) is 5.32 Å². The number of benzene rings is 1. The summed E-state index contributed by atoms with van der Waals surface area (Å²) in [4.78, 5) is 11.6. The number of aromatic hydroxyl groups is 1. The van der Waals surface area contributed by atoms with E-state index in [0.717, 1.165) is 11.3 Å². The average molecular weight is 254 g/mol. The molecule has 0 saturated carbocycles. The molecular formula is C12H18N2O2S. The maximum atomic E-state index is 11.6. The largest absolute Gasteiger partial charge is 0.508 e. The van der Waals surface area contributed by atoms with Crippen molar-refractivity contribution in [2.45, 2.75) is 12.5 Å². The molecule has 0 spiro atoms. The predicted octanol–water partition coefficient (Wildman–Crippen LogP) is 0.741. The summed E-state index contributed by atoms with van der Waals surface area (Å²) >= 11 is 1.68. The molecule has 0 unspecified atom stereocenters. The van der Waals surface area contributed by atoms with Gasteiger partial charge in [0.2, 0.25) is 5.91 Å². The monoisotopic (exact) mass is 254 g/mol. The number of nitrogens with one attached hydrogen (secondary N) is 1. The Kier molecular flexibility index (Phi) is 5.86. The van der Waals surface area contributed by atoms with Crippen LogP contribution in [0, 0.1) is 0 Å². The van der Waals surface area contributed by atoms with Gasteiger partial charge in [0.15, 0.2) is 0 Å². The Labute approximate surface area is 106 Å². The fourth-order valence-electron chi connectivity index (χ4n) is 1.39. The van der Waals surface area contributed by atoms with E-state index in [1.54, 1.807) is 36.0 Å². The van der Waals surface area contributed by atoms with E-state index >= 15 is 0 Å². The lowest BCUT2D eigenvalue weighted by Gasteiger charge is -2.12.